The van der Waals surface area contributed by atoms with Gasteiger partial charge in [-0.05, 0) is 29.4 Å². The van der Waals surface area contributed by atoms with Gasteiger partial charge in [0.1, 0.15) is 0 Å². The number of hydrogen-bond donors (Lipinski definition) is 2. The van der Waals surface area contributed by atoms with Crippen LogP contribution in [0.1, 0.15) is 17.5 Å². The molecule has 0 saturated carbocycles. The fourth-order valence-corrected chi connectivity index (χ4v) is 1.20. The van der Waals surface area contributed by atoms with Gasteiger partial charge >= 0.3 is 5.97 Å². The predicted molar refractivity (Wildman–Crippen MR) is 58.3 cm³/mol. The first-order valence-electron chi connectivity index (χ1n) is 4.18. The van der Waals surface area contributed by atoms with Crippen molar-refractivity contribution in [2.75, 3.05) is 0 Å². The molecule has 0 aromatic heterocycles. The van der Waals surface area contributed by atoms with Gasteiger partial charge in [0.05, 0.1) is 0 Å². The Morgan fingerprint density at radius 1 is 1.36 bits per heavy atom. The molecule has 0 saturated heterocycles. The minimum Gasteiger partial charge on any atom is -0.481 e. The van der Waals surface area contributed by atoms with E-state index in [2.05, 4.69) is 23.8 Å². The number of rotatable bonds is 3. The molecule has 0 bridgehead atoms. The van der Waals surface area contributed by atoms with Gasteiger partial charge in [-0.25, -0.2) is 0 Å². The highest BCUT2D eigenvalue weighted by Gasteiger charge is 1.98. The number of carboxylic acids is 1. The summed E-state index contributed by atoms with van der Waals surface area (Å²) in [4.78, 5) is 10.3. The number of benzene rings is 1. The van der Waals surface area contributed by atoms with E-state index in [1.807, 2.05) is 24.3 Å². The van der Waals surface area contributed by atoms with Gasteiger partial charge in [0.15, 0.2) is 0 Å². The maximum Gasteiger partial charge on any atom is 0.303 e. The van der Waals surface area contributed by atoms with Gasteiger partial charge in [-0.15, -0.1) is 0 Å². The van der Waals surface area contributed by atoms with Crippen LogP contribution in [0.5, 0.6) is 0 Å². The van der Waals surface area contributed by atoms with Gasteiger partial charge in [0.25, 0.3) is 0 Å². The van der Waals surface area contributed by atoms with Crippen molar-refractivity contribution in [2.24, 2.45) is 0 Å². The highest BCUT2D eigenvalue weighted by Crippen LogP contribution is 2.05. The van der Waals surface area contributed by atoms with Gasteiger partial charge in [0, 0.05) is 12.0 Å². The topological polar surface area (TPSA) is 37.3 Å². The van der Waals surface area contributed by atoms with Gasteiger partial charge in [-0.1, -0.05) is 30.7 Å². The zero-order valence-electron chi connectivity index (χ0n) is 7.53. The Bertz CT molecular complexity index is 371. The number of hydrogen-bond acceptors (Lipinski definition) is 2. The molecule has 0 unspecified atom stereocenters. The average Bonchev–Trinajstić information content (AvgIpc) is 2.17. The summed E-state index contributed by atoms with van der Waals surface area (Å²) in [5, 5.41) is 11.0. The quantitative estimate of drug-likeness (QED) is 0.586. The van der Waals surface area contributed by atoms with Crippen LogP contribution in [0.25, 0.3) is 0 Å². The van der Waals surface area contributed by atoms with Crippen LogP contribution >= 0.6 is 12.6 Å². The summed E-state index contributed by atoms with van der Waals surface area (Å²) in [6.07, 6.45) is 0.724. The zero-order valence-corrected chi connectivity index (χ0v) is 8.42. The monoisotopic (exact) mass is 206 g/mol. The Hall–Kier alpha value is -1.40. The van der Waals surface area contributed by atoms with Crippen molar-refractivity contribution in [1.29, 1.82) is 0 Å². The molecule has 14 heavy (non-hydrogen) atoms. The maximum absolute atomic E-state index is 10.3. The SMILES string of the molecule is O=C(O)CCc1ccc(C#CS)cc1. The molecule has 2 nitrogen and oxygen atoms in total. The predicted octanol–water partition coefficient (Wildman–Crippen LogP) is 1.94. The lowest BCUT2D eigenvalue weighted by atomic mass is 10.1. The highest BCUT2D eigenvalue weighted by molar-refractivity contribution is 7.85. The number of thiol groups is 1. The largest absolute Gasteiger partial charge is 0.481 e. The summed E-state index contributed by atoms with van der Waals surface area (Å²) < 4.78 is 0. The Morgan fingerprint density at radius 2 is 2.00 bits per heavy atom. The lowest BCUT2D eigenvalue weighted by molar-refractivity contribution is -0.136. The summed E-state index contributed by atoms with van der Waals surface area (Å²) in [6.45, 7) is 0. The van der Waals surface area contributed by atoms with E-state index >= 15 is 0 Å². The van der Waals surface area contributed by atoms with E-state index in [9.17, 15) is 4.79 Å². The average molecular weight is 206 g/mol. The van der Waals surface area contributed by atoms with E-state index in [4.69, 9.17) is 5.11 Å². The molecule has 3 heteroatoms. The molecule has 1 rings (SSSR count). The number of carbonyl (C=O) groups is 1. The molecule has 72 valence electrons. The van der Waals surface area contributed by atoms with Crippen LogP contribution in [0.15, 0.2) is 24.3 Å². The van der Waals surface area contributed by atoms with Crippen molar-refractivity contribution in [2.45, 2.75) is 12.8 Å². The molecule has 0 aliphatic heterocycles. The second-order valence-corrected chi connectivity index (χ2v) is 3.05. The minimum absolute atomic E-state index is 0.164. The minimum atomic E-state index is -0.774. The Labute approximate surface area is 88.4 Å². The molecule has 0 atom stereocenters. The summed E-state index contributed by atoms with van der Waals surface area (Å²) in [7, 11) is 0. The molecule has 1 aromatic rings. The van der Waals surface area contributed by atoms with Crippen molar-refractivity contribution in [3.8, 4) is 11.2 Å². The van der Waals surface area contributed by atoms with E-state index in [0.717, 1.165) is 11.1 Å². The zero-order chi connectivity index (χ0) is 10.4. The Kier molecular flexibility index (Phi) is 4.09. The fourth-order valence-electron chi connectivity index (χ4n) is 1.07. The number of aliphatic carboxylic acids is 1. The summed E-state index contributed by atoms with van der Waals surface area (Å²) in [5.41, 5.74) is 1.90. The van der Waals surface area contributed by atoms with E-state index in [0.29, 0.717) is 6.42 Å². The molecule has 0 amide bonds. The van der Waals surface area contributed by atoms with Crippen LogP contribution in [0.2, 0.25) is 0 Å². The van der Waals surface area contributed by atoms with Crippen LogP contribution in [0.4, 0.5) is 0 Å². The van der Waals surface area contributed by atoms with Crippen LogP contribution in [-0.4, -0.2) is 11.1 Å². The van der Waals surface area contributed by atoms with E-state index in [1.54, 1.807) is 0 Å². The van der Waals surface area contributed by atoms with Crippen molar-refractivity contribution >= 4 is 18.6 Å². The fraction of sp³-hybridized carbons (Fsp3) is 0.182. The standard InChI is InChI=1S/C11H10O2S/c12-11(13)6-5-9-1-3-10(4-2-9)7-8-14/h1-4,14H,5-6H2,(H,12,13). The third kappa shape index (κ3) is 3.55. The van der Waals surface area contributed by atoms with Crippen LogP contribution in [-0.2, 0) is 11.2 Å². The van der Waals surface area contributed by atoms with E-state index in [-0.39, 0.29) is 6.42 Å². The van der Waals surface area contributed by atoms with Crippen LogP contribution in [0, 0.1) is 11.2 Å². The smallest absolute Gasteiger partial charge is 0.303 e. The number of carboxylic acid groups (broad SMARTS) is 1. The molecular weight excluding hydrogens is 196 g/mol. The molecule has 1 aromatic carbocycles. The maximum atomic E-state index is 10.3. The third-order valence-electron chi connectivity index (χ3n) is 1.78. The second kappa shape index (κ2) is 5.36. The van der Waals surface area contributed by atoms with Crippen molar-refractivity contribution in [3.05, 3.63) is 35.4 Å². The lowest BCUT2D eigenvalue weighted by Gasteiger charge is -1.98. The van der Waals surface area contributed by atoms with Gasteiger partial charge < -0.3 is 5.11 Å². The molecule has 0 radical (unpaired) electrons. The molecular formula is C11H10O2S. The number of aryl methyl sites for hydroxylation is 1. The van der Waals surface area contributed by atoms with Crippen molar-refractivity contribution in [3.63, 3.8) is 0 Å². The Balaban J connectivity index is 2.62. The molecule has 0 fully saturated rings. The molecule has 0 spiro atoms. The van der Waals surface area contributed by atoms with Crippen LogP contribution in [0.3, 0.4) is 0 Å². The van der Waals surface area contributed by atoms with E-state index < -0.39 is 5.97 Å². The Morgan fingerprint density at radius 3 is 2.50 bits per heavy atom. The molecule has 0 aliphatic carbocycles. The first-order valence-corrected chi connectivity index (χ1v) is 4.63. The lowest BCUT2D eigenvalue weighted by Crippen LogP contribution is -1.97. The first kappa shape index (κ1) is 10.7. The van der Waals surface area contributed by atoms with Crippen molar-refractivity contribution in [1.82, 2.24) is 0 Å². The molecule has 0 heterocycles. The van der Waals surface area contributed by atoms with E-state index in [1.165, 1.54) is 0 Å². The molecule has 1 N–H and O–H groups in total. The van der Waals surface area contributed by atoms with Gasteiger partial charge in [-0.3, -0.25) is 4.79 Å². The summed E-state index contributed by atoms with van der Waals surface area (Å²) in [6, 6.07) is 7.49. The van der Waals surface area contributed by atoms with Crippen molar-refractivity contribution < 1.29 is 9.90 Å². The summed E-state index contributed by atoms with van der Waals surface area (Å²) in [5.74, 6) is 2.02. The second-order valence-electron chi connectivity index (χ2n) is 2.83. The van der Waals surface area contributed by atoms with Gasteiger partial charge in [-0.2, -0.15) is 0 Å². The molecule has 0 aliphatic rings. The highest BCUT2D eigenvalue weighted by atomic mass is 32.1. The first-order chi connectivity index (χ1) is 6.72. The summed E-state index contributed by atoms with van der Waals surface area (Å²) >= 11 is 3.79. The van der Waals surface area contributed by atoms with Crippen LogP contribution < -0.4 is 0 Å². The normalized spacial score (nSPS) is 8.93. The third-order valence-corrected chi connectivity index (χ3v) is 1.89. The van der Waals surface area contributed by atoms with Gasteiger partial charge in [0.2, 0.25) is 0 Å².